The lowest BCUT2D eigenvalue weighted by Crippen LogP contribution is -2.41. The lowest BCUT2D eigenvalue weighted by atomic mass is 9.96. The number of carbonyl (C=O) groups excluding carboxylic acids is 2. The fourth-order valence-corrected chi connectivity index (χ4v) is 1.78. The SMILES string of the molecule is Cc1nc(NC(=O)NC(=O)C(C)(C)C)ccc1Oc1ccnc(N)c1. The fourth-order valence-electron chi connectivity index (χ4n) is 1.78. The number of aryl methyl sites for hydroxylation is 1. The second-order valence-corrected chi connectivity index (χ2v) is 6.46. The van der Waals surface area contributed by atoms with Gasteiger partial charge in [-0.25, -0.2) is 14.8 Å². The highest BCUT2D eigenvalue weighted by Gasteiger charge is 2.23. The van der Waals surface area contributed by atoms with E-state index in [0.29, 0.717) is 28.8 Å². The summed E-state index contributed by atoms with van der Waals surface area (Å²) in [5, 5.41) is 4.79. The van der Waals surface area contributed by atoms with E-state index in [-0.39, 0.29) is 5.91 Å². The molecular weight excluding hydrogens is 322 g/mol. The number of anilines is 2. The summed E-state index contributed by atoms with van der Waals surface area (Å²) in [6.07, 6.45) is 1.54. The Kier molecular flexibility index (Phi) is 5.21. The first kappa shape index (κ1) is 18.2. The smallest absolute Gasteiger partial charge is 0.327 e. The molecule has 0 spiro atoms. The third-order valence-corrected chi connectivity index (χ3v) is 3.17. The van der Waals surface area contributed by atoms with Gasteiger partial charge in [-0.2, -0.15) is 0 Å². The van der Waals surface area contributed by atoms with Crippen molar-refractivity contribution in [3.05, 3.63) is 36.2 Å². The van der Waals surface area contributed by atoms with E-state index in [9.17, 15) is 9.59 Å². The Hall–Kier alpha value is -3.16. The van der Waals surface area contributed by atoms with Gasteiger partial charge in [0.1, 0.15) is 23.1 Å². The van der Waals surface area contributed by atoms with Crippen molar-refractivity contribution in [2.75, 3.05) is 11.1 Å². The normalized spacial score (nSPS) is 10.9. The van der Waals surface area contributed by atoms with Crippen molar-refractivity contribution in [2.24, 2.45) is 5.41 Å². The molecule has 2 aromatic rings. The monoisotopic (exact) mass is 343 g/mol. The van der Waals surface area contributed by atoms with Gasteiger partial charge < -0.3 is 10.5 Å². The van der Waals surface area contributed by atoms with Crippen LogP contribution in [0.4, 0.5) is 16.4 Å². The van der Waals surface area contributed by atoms with Crippen molar-refractivity contribution < 1.29 is 14.3 Å². The minimum atomic E-state index is -0.662. The molecule has 0 aromatic carbocycles. The number of nitrogens with zero attached hydrogens (tertiary/aromatic N) is 2. The molecule has 0 unspecified atom stereocenters. The number of nitrogens with two attached hydrogens (primary N) is 1. The highest BCUT2D eigenvalue weighted by molar-refractivity contribution is 6.02. The summed E-state index contributed by atoms with van der Waals surface area (Å²) in [5.74, 6) is 1.32. The standard InChI is InChI=1S/C17H21N5O3/c1-10-12(25-11-7-8-19-13(18)9-11)5-6-14(20-10)21-16(24)22-15(23)17(2,3)4/h5-9H,1-4H3,(H2,18,19)(H2,20,21,22,23,24). The summed E-state index contributed by atoms with van der Waals surface area (Å²) in [4.78, 5) is 31.8. The summed E-state index contributed by atoms with van der Waals surface area (Å²) < 4.78 is 5.69. The predicted octanol–water partition coefficient (Wildman–Crippen LogP) is 2.85. The number of hydrogen-bond acceptors (Lipinski definition) is 6. The van der Waals surface area contributed by atoms with Crippen LogP contribution in [0.3, 0.4) is 0 Å². The zero-order valence-electron chi connectivity index (χ0n) is 14.6. The van der Waals surface area contributed by atoms with E-state index in [1.807, 2.05) is 0 Å². The van der Waals surface area contributed by atoms with Gasteiger partial charge in [-0.15, -0.1) is 0 Å². The minimum absolute atomic E-state index is 0.304. The van der Waals surface area contributed by atoms with Gasteiger partial charge in [-0.3, -0.25) is 15.4 Å². The third kappa shape index (κ3) is 5.17. The maximum atomic E-state index is 11.9. The van der Waals surface area contributed by atoms with Crippen LogP contribution in [0, 0.1) is 12.3 Å². The summed E-state index contributed by atoms with van der Waals surface area (Å²) in [6.45, 7) is 6.89. The number of ether oxygens (including phenoxy) is 1. The molecule has 0 radical (unpaired) electrons. The molecule has 0 aliphatic heterocycles. The maximum Gasteiger partial charge on any atom is 0.327 e. The Morgan fingerprint density at radius 3 is 2.52 bits per heavy atom. The Morgan fingerprint density at radius 2 is 1.92 bits per heavy atom. The van der Waals surface area contributed by atoms with Gasteiger partial charge in [0.25, 0.3) is 0 Å². The molecule has 25 heavy (non-hydrogen) atoms. The second-order valence-electron chi connectivity index (χ2n) is 6.46. The van der Waals surface area contributed by atoms with Gasteiger partial charge in [0.15, 0.2) is 0 Å². The molecule has 0 fully saturated rings. The molecule has 0 aliphatic rings. The number of amides is 3. The number of carbonyl (C=O) groups is 2. The van der Waals surface area contributed by atoms with E-state index in [4.69, 9.17) is 10.5 Å². The molecule has 132 valence electrons. The van der Waals surface area contributed by atoms with Gasteiger partial charge in [-0.05, 0) is 25.1 Å². The van der Waals surface area contributed by atoms with Crippen molar-refractivity contribution in [3.63, 3.8) is 0 Å². The van der Waals surface area contributed by atoms with Crippen LogP contribution in [0.25, 0.3) is 0 Å². The molecule has 3 amide bonds. The zero-order valence-corrected chi connectivity index (χ0v) is 14.6. The van der Waals surface area contributed by atoms with Crippen LogP contribution in [0.5, 0.6) is 11.5 Å². The van der Waals surface area contributed by atoms with Crippen LogP contribution in [0.1, 0.15) is 26.5 Å². The number of rotatable bonds is 3. The highest BCUT2D eigenvalue weighted by atomic mass is 16.5. The van der Waals surface area contributed by atoms with Crippen LogP contribution >= 0.6 is 0 Å². The summed E-state index contributed by atoms with van der Waals surface area (Å²) in [6, 6.07) is 5.88. The van der Waals surface area contributed by atoms with Gasteiger partial charge in [0.2, 0.25) is 5.91 Å². The quantitative estimate of drug-likeness (QED) is 0.788. The van der Waals surface area contributed by atoms with Gasteiger partial charge >= 0.3 is 6.03 Å². The second kappa shape index (κ2) is 7.16. The number of pyridine rings is 2. The summed E-state index contributed by atoms with van der Waals surface area (Å²) in [5.41, 5.74) is 5.51. The number of urea groups is 1. The largest absolute Gasteiger partial charge is 0.455 e. The molecule has 0 saturated carbocycles. The van der Waals surface area contributed by atoms with Crippen molar-refractivity contribution in [2.45, 2.75) is 27.7 Å². The van der Waals surface area contributed by atoms with Crippen LogP contribution in [-0.2, 0) is 4.79 Å². The maximum absolute atomic E-state index is 11.9. The van der Waals surface area contributed by atoms with E-state index < -0.39 is 11.4 Å². The Bertz CT molecular complexity index is 799. The molecule has 8 nitrogen and oxygen atoms in total. The van der Waals surface area contributed by atoms with E-state index >= 15 is 0 Å². The van der Waals surface area contributed by atoms with E-state index in [1.165, 1.54) is 0 Å². The van der Waals surface area contributed by atoms with E-state index in [0.717, 1.165) is 0 Å². The molecule has 2 aromatic heterocycles. The average Bonchev–Trinajstić information content (AvgIpc) is 2.49. The number of nitrogens with one attached hydrogen (secondary N) is 2. The molecule has 0 saturated heterocycles. The molecular formula is C17H21N5O3. The Morgan fingerprint density at radius 1 is 1.20 bits per heavy atom. The summed E-state index contributed by atoms with van der Waals surface area (Å²) >= 11 is 0. The minimum Gasteiger partial charge on any atom is -0.455 e. The zero-order chi connectivity index (χ0) is 18.6. The van der Waals surface area contributed by atoms with Crippen molar-refractivity contribution in [1.82, 2.24) is 15.3 Å². The average molecular weight is 343 g/mol. The number of imide groups is 1. The van der Waals surface area contributed by atoms with Crippen LogP contribution in [0.15, 0.2) is 30.5 Å². The summed E-state index contributed by atoms with van der Waals surface area (Å²) in [7, 11) is 0. The molecule has 2 rings (SSSR count). The molecule has 0 atom stereocenters. The third-order valence-electron chi connectivity index (χ3n) is 3.17. The van der Waals surface area contributed by atoms with Crippen LogP contribution in [-0.4, -0.2) is 21.9 Å². The van der Waals surface area contributed by atoms with Crippen molar-refractivity contribution in [1.29, 1.82) is 0 Å². The first-order chi connectivity index (χ1) is 11.6. The highest BCUT2D eigenvalue weighted by Crippen LogP contribution is 2.25. The molecule has 8 heteroatoms. The number of nitrogen functional groups attached to an aromatic ring is 1. The van der Waals surface area contributed by atoms with E-state index in [2.05, 4.69) is 20.6 Å². The van der Waals surface area contributed by atoms with Gasteiger partial charge in [0, 0.05) is 17.7 Å². The Balaban J connectivity index is 2.04. The topological polar surface area (TPSA) is 119 Å². The van der Waals surface area contributed by atoms with Gasteiger partial charge in [-0.1, -0.05) is 20.8 Å². The number of hydrogen-bond donors (Lipinski definition) is 3. The first-order valence-corrected chi connectivity index (χ1v) is 7.64. The van der Waals surface area contributed by atoms with Gasteiger partial charge in [0.05, 0.1) is 5.69 Å². The van der Waals surface area contributed by atoms with Crippen molar-refractivity contribution in [3.8, 4) is 11.5 Å². The lowest BCUT2D eigenvalue weighted by molar-refractivity contribution is -0.127. The molecule has 0 bridgehead atoms. The number of aromatic nitrogens is 2. The van der Waals surface area contributed by atoms with Crippen LogP contribution in [0.2, 0.25) is 0 Å². The van der Waals surface area contributed by atoms with Crippen molar-refractivity contribution >= 4 is 23.6 Å². The molecule has 4 N–H and O–H groups in total. The fraction of sp³-hybridized carbons (Fsp3) is 0.294. The Labute approximate surface area is 145 Å². The van der Waals surface area contributed by atoms with E-state index in [1.54, 1.807) is 58.2 Å². The van der Waals surface area contributed by atoms with Crippen LogP contribution < -0.4 is 21.1 Å². The first-order valence-electron chi connectivity index (χ1n) is 7.64. The lowest BCUT2D eigenvalue weighted by Gasteiger charge is -2.17. The molecule has 0 aliphatic carbocycles. The molecule has 2 heterocycles. The predicted molar refractivity (Wildman–Crippen MR) is 94.3 cm³/mol.